The third-order valence-electron chi connectivity index (χ3n) is 4.71. The molecule has 2 aromatic rings. The van der Waals surface area contributed by atoms with Gasteiger partial charge in [0.1, 0.15) is 0 Å². The van der Waals surface area contributed by atoms with Crippen LogP contribution in [0.1, 0.15) is 47.1 Å². The minimum absolute atomic E-state index is 0.0958. The standard InChI is InChI=1S/C15H19N5O/c21-15(14-12-2-1-3-13(12)17-18-14)19-7-4-11(5-8-19)20-9-6-16-10-20/h6,9-11H,1-5,7-8H2,(H,17,18). The van der Waals surface area contributed by atoms with Crippen molar-refractivity contribution >= 4 is 5.91 Å². The topological polar surface area (TPSA) is 66.8 Å². The van der Waals surface area contributed by atoms with E-state index in [0.717, 1.165) is 56.5 Å². The summed E-state index contributed by atoms with van der Waals surface area (Å²) in [5.74, 6) is 0.0958. The molecule has 1 aliphatic carbocycles. The molecule has 0 radical (unpaired) electrons. The van der Waals surface area contributed by atoms with Crippen molar-refractivity contribution in [2.45, 2.75) is 38.1 Å². The number of likely N-dealkylation sites (tertiary alicyclic amines) is 1. The van der Waals surface area contributed by atoms with Gasteiger partial charge < -0.3 is 9.47 Å². The lowest BCUT2D eigenvalue weighted by Crippen LogP contribution is -2.39. The zero-order valence-corrected chi connectivity index (χ0v) is 12.0. The minimum atomic E-state index is 0.0958. The molecule has 110 valence electrons. The monoisotopic (exact) mass is 285 g/mol. The third kappa shape index (κ3) is 2.14. The Morgan fingerprint density at radius 3 is 2.90 bits per heavy atom. The second kappa shape index (κ2) is 5.02. The van der Waals surface area contributed by atoms with Gasteiger partial charge in [-0.2, -0.15) is 5.10 Å². The molecular formula is C15H19N5O. The van der Waals surface area contributed by atoms with Gasteiger partial charge in [-0.3, -0.25) is 9.89 Å². The van der Waals surface area contributed by atoms with Gasteiger partial charge in [0.15, 0.2) is 5.69 Å². The number of aromatic amines is 1. The number of hydrogen-bond donors (Lipinski definition) is 1. The van der Waals surface area contributed by atoms with Gasteiger partial charge in [0.2, 0.25) is 0 Å². The summed E-state index contributed by atoms with van der Waals surface area (Å²) in [6, 6.07) is 0.460. The molecule has 0 aromatic carbocycles. The van der Waals surface area contributed by atoms with Crippen LogP contribution < -0.4 is 0 Å². The summed E-state index contributed by atoms with van der Waals surface area (Å²) in [6.07, 6.45) is 10.8. The smallest absolute Gasteiger partial charge is 0.274 e. The van der Waals surface area contributed by atoms with E-state index in [-0.39, 0.29) is 5.91 Å². The molecular weight excluding hydrogens is 266 g/mol. The third-order valence-corrected chi connectivity index (χ3v) is 4.71. The molecule has 6 nitrogen and oxygen atoms in total. The van der Waals surface area contributed by atoms with E-state index in [1.807, 2.05) is 23.6 Å². The van der Waals surface area contributed by atoms with Crippen LogP contribution in [0.4, 0.5) is 0 Å². The van der Waals surface area contributed by atoms with Crippen LogP contribution in [0.25, 0.3) is 0 Å². The van der Waals surface area contributed by atoms with Crippen molar-refractivity contribution in [1.29, 1.82) is 0 Å². The Hall–Kier alpha value is -2.11. The fourth-order valence-corrected chi connectivity index (χ4v) is 3.50. The van der Waals surface area contributed by atoms with Gasteiger partial charge in [0.05, 0.1) is 6.33 Å². The fraction of sp³-hybridized carbons (Fsp3) is 0.533. The lowest BCUT2D eigenvalue weighted by atomic mass is 10.0. The van der Waals surface area contributed by atoms with E-state index in [1.165, 1.54) is 0 Å². The van der Waals surface area contributed by atoms with Gasteiger partial charge >= 0.3 is 0 Å². The van der Waals surface area contributed by atoms with Crippen molar-refractivity contribution in [2.75, 3.05) is 13.1 Å². The molecule has 0 saturated carbocycles. The van der Waals surface area contributed by atoms with E-state index in [9.17, 15) is 4.79 Å². The maximum Gasteiger partial charge on any atom is 0.274 e. The molecule has 6 heteroatoms. The number of nitrogens with zero attached hydrogens (tertiary/aromatic N) is 4. The van der Waals surface area contributed by atoms with Crippen LogP contribution in [-0.4, -0.2) is 43.6 Å². The number of H-pyrrole nitrogens is 1. The SMILES string of the molecule is O=C(c1n[nH]c2c1CCC2)N1CCC(n2ccnc2)CC1. The maximum absolute atomic E-state index is 12.6. The summed E-state index contributed by atoms with van der Waals surface area (Å²) in [5, 5.41) is 7.28. The van der Waals surface area contributed by atoms with E-state index >= 15 is 0 Å². The minimum Gasteiger partial charge on any atom is -0.337 e. The number of imidazole rings is 1. The lowest BCUT2D eigenvalue weighted by Gasteiger charge is -2.32. The molecule has 0 unspecified atom stereocenters. The molecule has 0 atom stereocenters. The largest absolute Gasteiger partial charge is 0.337 e. The maximum atomic E-state index is 12.6. The number of amides is 1. The molecule has 3 heterocycles. The summed E-state index contributed by atoms with van der Waals surface area (Å²) in [7, 11) is 0. The van der Waals surface area contributed by atoms with Crippen LogP contribution in [0.15, 0.2) is 18.7 Å². The molecule has 21 heavy (non-hydrogen) atoms. The van der Waals surface area contributed by atoms with Crippen LogP contribution in [0.2, 0.25) is 0 Å². The number of piperidine rings is 1. The highest BCUT2D eigenvalue weighted by Gasteiger charge is 2.29. The van der Waals surface area contributed by atoms with Crippen molar-refractivity contribution in [3.8, 4) is 0 Å². The quantitative estimate of drug-likeness (QED) is 0.911. The van der Waals surface area contributed by atoms with Crippen LogP contribution in [0.5, 0.6) is 0 Å². The average molecular weight is 285 g/mol. The first-order chi connectivity index (χ1) is 10.3. The highest BCUT2D eigenvalue weighted by atomic mass is 16.2. The molecule has 0 bridgehead atoms. The van der Waals surface area contributed by atoms with Gasteiger partial charge in [0, 0.05) is 42.8 Å². The number of carbonyl (C=O) groups is 1. The molecule has 1 amide bonds. The molecule has 2 aromatic heterocycles. The molecule has 2 aliphatic rings. The fourth-order valence-electron chi connectivity index (χ4n) is 3.50. The number of hydrogen-bond acceptors (Lipinski definition) is 3. The Balaban J connectivity index is 1.45. The Bertz CT molecular complexity index is 637. The van der Waals surface area contributed by atoms with Crippen molar-refractivity contribution in [2.24, 2.45) is 0 Å². The lowest BCUT2D eigenvalue weighted by molar-refractivity contribution is 0.0687. The number of aromatic nitrogens is 4. The summed E-state index contributed by atoms with van der Waals surface area (Å²) in [6.45, 7) is 1.59. The highest BCUT2D eigenvalue weighted by molar-refractivity contribution is 5.94. The first kappa shape index (κ1) is 12.6. The summed E-state index contributed by atoms with van der Waals surface area (Å²) < 4.78 is 2.15. The first-order valence-corrected chi connectivity index (χ1v) is 7.66. The Kier molecular flexibility index (Phi) is 3.02. The molecule has 0 spiro atoms. The van der Waals surface area contributed by atoms with Crippen molar-refractivity contribution in [3.63, 3.8) is 0 Å². The van der Waals surface area contributed by atoms with Gasteiger partial charge in [-0.25, -0.2) is 4.98 Å². The summed E-state index contributed by atoms with van der Waals surface area (Å²) in [4.78, 5) is 18.7. The number of rotatable bonds is 2. The molecule has 4 rings (SSSR count). The first-order valence-electron chi connectivity index (χ1n) is 7.66. The van der Waals surface area contributed by atoms with E-state index in [1.54, 1.807) is 0 Å². The zero-order chi connectivity index (χ0) is 14.2. The van der Waals surface area contributed by atoms with Gasteiger partial charge in [0.25, 0.3) is 5.91 Å². The van der Waals surface area contributed by atoms with Crippen molar-refractivity contribution < 1.29 is 4.79 Å². The van der Waals surface area contributed by atoms with Crippen LogP contribution >= 0.6 is 0 Å². The second-order valence-electron chi connectivity index (χ2n) is 5.92. The number of aryl methyl sites for hydroxylation is 1. The highest BCUT2D eigenvalue weighted by Crippen LogP contribution is 2.26. The van der Waals surface area contributed by atoms with E-state index in [2.05, 4.69) is 19.7 Å². The van der Waals surface area contributed by atoms with Crippen LogP contribution in [-0.2, 0) is 12.8 Å². The molecule has 1 fully saturated rings. The van der Waals surface area contributed by atoms with Crippen LogP contribution in [0.3, 0.4) is 0 Å². The van der Waals surface area contributed by atoms with Gasteiger partial charge in [-0.15, -0.1) is 0 Å². The van der Waals surface area contributed by atoms with E-state index in [4.69, 9.17) is 0 Å². The average Bonchev–Trinajstić information content (AvgIpc) is 3.24. The predicted octanol–water partition coefficient (Wildman–Crippen LogP) is 1.57. The predicted molar refractivity (Wildman–Crippen MR) is 77.0 cm³/mol. The van der Waals surface area contributed by atoms with Crippen LogP contribution in [0, 0.1) is 0 Å². The van der Waals surface area contributed by atoms with Crippen molar-refractivity contribution in [3.05, 3.63) is 35.7 Å². The van der Waals surface area contributed by atoms with E-state index < -0.39 is 0 Å². The van der Waals surface area contributed by atoms with Gasteiger partial charge in [-0.05, 0) is 32.1 Å². The van der Waals surface area contributed by atoms with E-state index in [0.29, 0.717) is 11.7 Å². The Labute approximate surface area is 123 Å². The second-order valence-corrected chi connectivity index (χ2v) is 5.92. The molecule has 1 N–H and O–H groups in total. The molecule has 1 aliphatic heterocycles. The molecule has 1 saturated heterocycles. The Morgan fingerprint density at radius 1 is 1.29 bits per heavy atom. The zero-order valence-electron chi connectivity index (χ0n) is 12.0. The summed E-state index contributed by atoms with van der Waals surface area (Å²) in [5.41, 5.74) is 2.96. The number of nitrogens with one attached hydrogen (secondary N) is 1. The number of fused-ring (bicyclic) bond motifs is 1. The summed E-state index contributed by atoms with van der Waals surface area (Å²) >= 11 is 0. The van der Waals surface area contributed by atoms with Gasteiger partial charge in [-0.1, -0.05) is 0 Å². The normalized spacial score (nSPS) is 19.0. The Morgan fingerprint density at radius 2 is 2.14 bits per heavy atom. The van der Waals surface area contributed by atoms with Crippen molar-refractivity contribution in [1.82, 2.24) is 24.6 Å². The number of carbonyl (C=O) groups excluding carboxylic acids is 1.